The number of nitrogens with zero attached hydrogens (tertiary/aromatic N) is 1. The van der Waals surface area contributed by atoms with Gasteiger partial charge in [0.1, 0.15) is 6.04 Å². The topological polar surface area (TPSA) is 49.8 Å². The van der Waals surface area contributed by atoms with Crippen molar-refractivity contribution < 1.29 is 14.6 Å². The molecule has 0 bridgehead atoms. The zero-order chi connectivity index (χ0) is 10.8. The zero-order valence-electron chi connectivity index (χ0n) is 9.19. The zero-order valence-corrected chi connectivity index (χ0v) is 9.19. The second-order valence-corrected chi connectivity index (χ2v) is 4.51. The molecule has 0 amide bonds. The van der Waals surface area contributed by atoms with Gasteiger partial charge in [-0.05, 0) is 38.6 Å². The molecule has 86 valence electrons. The molecule has 0 aromatic carbocycles. The van der Waals surface area contributed by atoms with E-state index in [0.29, 0.717) is 6.04 Å². The fraction of sp³-hybridized carbons (Fsp3) is 0.909. The van der Waals surface area contributed by atoms with Gasteiger partial charge in [0.05, 0.1) is 6.10 Å². The van der Waals surface area contributed by atoms with E-state index in [1.165, 1.54) is 0 Å². The molecule has 4 heteroatoms. The van der Waals surface area contributed by atoms with E-state index in [0.717, 1.165) is 38.6 Å². The van der Waals surface area contributed by atoms with Crippen LogP contribution in [0.2, 0.25) is 0 Å². The van der Waals surface area contributed by atoms with Crippen LogP contribution in [0.5, 0.6) is 0 Å². The number of ether oxygens (including phenoxy) is 1. The lowest BCUT2D eigenvalue weighted by molar-refractivity contribution is -0.143. The van der Waals surface area contributed by atoms with Gasteiger partial charge in [-0.15, -0.1) is 0 Å². The van der Waals surface area contributed by atoms with Gasteiger partial charge in [-0.25, -0.2) is 0 Å². The number of hydrogen-bond acceptors (Lipinski definition) is 3. The molecular formula is C11H19NO3. The SMILES string of the molecule is COC1CCCC1N1CCCC1C(=O)O. The van der Waals surface area contributed by atoms with Crippen LogP contribution in [0.4, 0.5) is 0 Å². The fourth-order valence-corrected chi connectivity index (χ4v) is 3.01. The molecule has 0 radical (unpaired) electrons. The molecule has 15 heavy (non-hydrogen) atoms. The lowest BCUT2D eigenvalue weighted by Crippen LogP contribution is -2.47. The Morgan fingerprint density at radius 1 is 1.33 bits per heavy atom. The molecule has 1 aliphatic carbocycles. The van der Waals surface area contributed by atoms with Crippen LogP contribution in [0, 0.1) is 0 Å². The lowest BCUT2D eigenvalue weighted by atomic mass is 10.1. The molecule has 3 atom stereocenters. The van der Waals surface area contributed by atoms with Crippen molar-refractivity contribution in [2.75, 3.05) is 13.7 Å². The first kappa shape index (κ1) is 10.9. The first-order valence-corrected chi connectivity index (χ1v) is 5.75. The molecule has 1 aliphatic heterocycles. The highest BCUT2D eigenvalue weighted by atomic mass is 16.5. The van der Waals surface area contributed by atoms with E-state index in [1.807, 2.05) is 0 Å². The summed E-state index contributed by atoms with van der Waals surface area (Å²) >= 11 is 0. The maximum absolute atomic E-state index is 11.1. The van der Waals surface area contributed by atoms with Gasteiger partial charge >= 0.3 is 5.97 Å². The van der Waals surface area contributed by atoms with Crippen molar-refractivity contribution in [1.29, 1.82) is 0 Å². The number of methoxy groups -OCH3 is 1. The maximum atomic E-state index is 11.1. The van der Waals surface area contributed by atoms with Gasteiger partial charge in [0.15, 0.2) is 0 Å². The number of carbonyl (C=O) groups is 1. The van der Waals surface area contributed by atoms with Crippen LogP contribution in [0.15, 0.2) is 0 Å². The fourth-order valence-electron chi connectivity index (χ4n) is 3.01. The Bertz CT molecular complexity index is 244. The number of hydrogen-bond donors (Lipinski definition) is 1. The highest BCUT2D eigenvalue weighted by Gasteiger charge is 2.40. The predicted octanol–water partition coefficient (Wildman–Crippen LogP) is 1.10. The number of rotatable bonds is 3. The molecule has 1 saturated carbocycles. The molecule has 1 saturated heterocycles. The van der Waals surface area contributed by atoms with Gasteiger partial charge in [0, 0.05) is 13.2 Å². The lowest BCUT2D eigenvalue weighted by Gasteiger charge is -2.31. The highest BCUT2D eigenvalue weighted by Crippen LogP contribution is 2.31. The quantitative estimate of drug-likeness (QED) is 0.762. The van der Waals surface area contributed by atoms with Crippen LogP contribution in [-0.4, -0.2) is 47.8 Å². The molecule has 2 aliphatic rings. The standard InChI is InChI=1S/C11H19NO3/c1-15-10-6-2-4-8(10)12-7-3-5-9(12)11(13)14/h8-10H,2-7H2,1H3,(H,13,14). The summed E-state index contributed by atoms with van der Waals surface area (Å²) in [6.07, 6.45) is 5.36. The van der Waals surface area contributed by atoms with E-state index in [2.05, 4.69) is 4.90 Å². The van der Waals surface area contributed by atoms with E-state index in [-0.39, 0.29) is 12.1 Å². The minimum Gasteiger partial charge on any atom is -0.480 e. The molecule has 4 nitrogen and oxygen atoms in total. The smallest absolute Gasteiger partial charge is 0.320 e. The third-order valence-electron chi connectivity index (χ3n) is 3.73. The van der Waals surface area contributed by atoms with Gasteiger partial charge in [-0.1, -0.05) is 0 Å². The molecule has 1 heterocycles. The monoisotopic (exact) mass is 213 g/mol. The molecule has 2 rings (SSSR count). The number of likely N-dealkylation sites (tertiary alicyclic amines) is 1. The summed E-state index contributed by atoms with van der Waals surface area (Å²) in [6.45, 7) is 0.918. The average Bonchev–Trinajstić information content (AvgIpc) is 2.85. The van der Waals surface area contributed by atoms with Crippen LogP contribution in [-0.2, 0) is 9.53 Å². The predicted molar refractivity (Wildman–Crippen MR) is 55.8 cm³/mol. The third kappa shape index (κ3) is 2.01. The molecule has 0 aromatic rings. The summed E-state index contributed by atoms with van der Waals surface area (Å²) in [5.41, 5.74) is 0. The van der Waals surface area contributed by atoms with Crippen molar-refractivity contribution >= 4 is 5.97 Å². The van der Waals surface area contributed by atoms with Gasteiger partial charge < -0.3 is 9.84 Å². The number of aliphatic carboxylic acids is 1. The van der Waals surface area contributed by atoms with E-state index in [4.69, 9.17) is 9.84 Å². The second-order valence-electron chi connectivity index (χ2n) is 4.51. The van der Waals surface area contributed by atoms with Crippen molar-refractivity contribution in [2.45, 2.75) is 50.3 Å². The normalized spacial score (nSPS) is 37.3. The maximum Gasteiger partial charge on any atom is 0.320 e. The Morgan fingerprint density at radius 3 is 2.80 bits per heavy atom. The van der Waals surface area contributed by atoms with Crippen LogP contribution >= 0.6 is 0 Å². The molecule has 0 aromatic heterocycles. The van der Waals surface area contributed by atoms with Crippen LogP contribution in [0.3, 0.4) is 0 Å². The van der Waals surface area contributed by atoms with E-state index < -0.39 is 5.97 Å². The van der Waals surface area contributed by atoms with E-state index in [9.17, 15) is 4.79 Å². The molecular weight excluding hydrogens is 194 g/mol. The van der Waals surface area contributed by atoms with Crippen molar-refractivity contribution in [2.24, 2.45) is 0 Å². The molecule has 1 N–H and O–H groups in total. The largest absolute Gasteiger partial charge is 0.480 e. The Labute approximate surface area is 90.2 Å². The summed E-state index contributed by atoms with van der Waals surface area (Å²) in [5.74, 6) is -0.672. The second kappa shape index (κ2) is 4.49. The van der Waals surface area contributed by atoms with Crippen molar-refractivity contribution in [3.63, 3.8) is 0 Å². The van der Waals surface area contributed by atoms with Crippen LogP contribution in [0.25, 0.3) is 0 Å². The van der Waals surface area contributed by atoms with Crippen molar-refractivity contribution in [1.82, 2.24) is 4.90 Å². The van der Waals surface area contributed by atoms with Crippen molar-refractivity contribution in [3.05, 3.63) is 0 Å². The molecule has 0 spiro atoms. The minimum absolute atomic E-state index is 0.241. The summed E-state index contributed by atoms with van der Waals surface area (Å²) in [5, 5.41) is 9.12. The minimum atomic E-state index is -0.672. The van der Waals surface area contributed by atoms with E-state index in [1.54, 1.807) is 7.11 Å². The Morgan fingerprint density at radius 2 is 2.13 bits per heavy atom. The molecule has 3 unspecified atom stereocenters. The third-order valence-corrected chi connectivity index (χ3v) is 3.73. The average molecular weight is 213 g/mol. The summed E-state index contributed by atoms with van der Waals surface area (Å²) in [6, 6.07) is 0.0596. The van der Waals surface area contributed by atoms with Gasteiger partial charge in [-0.2, -0.15) is 0 Å². The summed E-state index contributed by atoms with van der Waals surface area (Å²) in [4.78, 5) is 13.2. The van der Waals surface area contributed by atoms with Crippen LogP contribution < -0.4 is 0 Å². The van der Waals surface area contributed by atoms with Crippen molar-refractivity contribution in [3.8, 4) is 0 Å². The van der Waals surface area contributed by atoms with Gasteiger partial charge in [0.25, 0.3) is 0 Å². The first-order valence-electron chi connectivity index (χ1n) is 5.75. The van der Waals surface area contributed by atoms with Gasteiger partial charge in [-0.3, -0.25) is 9.69 Å². The number of carboxylic acid groups (broad SMARTS) is 1. The van der Waals surface area contributed by atoms with Crippen LogP contribution in [0.1, 0.15) is 32.1 Å². The first-order chi connectivity index (χ1) is 7.24. The number of carboxylic acids is 1. The van der Waals surface area contributed by atoms with Gasteiger partial charge in [0.2, 0.25) is 0 Å². The Balaban J connectivity index is 2.05. The Hall–Kier alpha value is -0.610. The molecule has 2 fully saturated rings. The Kier molecular flexibility index (Phi) is 3.26. The summed E-state index contributed by atoms with van der Waals surface area (Å²) in [7, 11) is 1.73. The highest BCUT2D eigenvalue weighted by molar-refractivity contribution is 5.73. The van der Waals surface area contributed by atoms with E-state index >= 15 is 0 Å². The summed E-state index contributed by atoms with van der Waals surface area (Å²) < 4.78 is 5.43.